The Morgan fingerprint density at radius 3 is 2.92 bits per heavy atom. The molecule has 0 aliphatic heterocycles. The van der Waals surface area contributed by atoms with Crippen molar-refractivity contribution >= 4 is 0 Å². The maximum absolute atomic E-state index is 5.78. The van der Waals surface area contributed by atoms with Crippen LogP contribution in [-0.2, 0) is 4.74 Å². The molecule has 0 saturated heterocycles. The quantitative estimate of drug-likeness (QED) is 0.593. The van der Waals surface area contributed by atoms with Crippen LogP contribution in [0.25, 0.3) is 0 Å². The van der Waals surface area contributed by atoms with Crippen molar-refractivity contribution in [3.8, 4) is 0 Å². The van der Waals surface area contributed by atoms with Gasteiger partial charge >= 0.3 is 0 Å². The maximum Gasteiger partial charge on any atom is 0.0590 e. The molecule has 3 N–H and O–H groups in total. The lowest BCUT2D eigenvalue weighted by Crippen LogP contribution is -2.31. The predicted molar refractivity (Wildman–Crippen MR) is 50.1 cm³/mol. The molecule has 0 aromatic heterocycles. The van der Waals surface area contributed by atoms with E-state index in [9.17, 15) is 0 Å². The fraction of sp³-hybridized carbons (Fsp3) is 1.00. The van der Waals surface area contributed by atoms with Crippen LogP contribution in [0.1, 0.15) is 26.2 Å². The third-order valence-electron chi connectivity index (χ3n) is 2.36. The van der Waals surface area contributed by atoms with Crippen LogP contribution in [0.4, 0.5) is 0 Å². The van der Waals surface area contributed by atoms with E-state index < -0.39 is 0 Å². The zero-order valence-electron chi connectivity index (χ0n) is 7.88. The summed E-state index contributed by atoms with van der Waals surface area (Å²) in [5.41, 5.74) is 5.78. The topological polar surface area (TPSA) is 47.3 Å². The minimum Gasteiger partial charge on any atom is -0.380 e. The van der Waals surface area contributed by atoms with Crippen molar-refractivity contribution in [2.24, 2.45) is 5.73 Å². The van der Waals surface area contributed by atoms with Gasteiger partial charge in [-0.15, -0.1) is 0 Å². The fourth-order valence-electron chi connectivity index (χ4n) is 1.68. The predicted octanol–water partition coefficient (Wildman–Crippen LogP) is 0.492. The summed E-state index contributed by atoms with van der Waals surface area (Å²) in [6.45, 7) is 4.62. The van der Waals surface area contributed by atoms with Crippen molar-refractivity contribution in [2.45, 2.75) is 38.3 Å². The standard InChI is InChI=1S/C9H20N2O/c1-2-12-6-5-11-9-4-3-8(10)7-9/h8-9,11H,2-7,10H2,1H3. The molecule has 0 heterocycles. The van der Waals surface area contributed by atoms with Crippen LogP contribution >= 0.6 is 0 Å². The normalized spacial score (nSPS) is 29.5. The van der Waals surface area contributed by atoms with E-state index in [2.05, 4.69) is 5.32 Å². The number of nitrogens with two attached hydrogens (primary N) is 1. The van der Waals surface area contributed by atoms with Gasteiger partial charge in [-0.25, -0.2) is 0 Å². The Hall–Kier alpha value is -0.120. The summed E-state index contributed by atoms with van der Waals surface area (Å²) in [5.74, 6) is 0. The summed E-state index contributed by atoms with van der Waals surface area (Å²) in [7, 11) is 0. The first kappa shape index (κ1) is 9.96. The molecule has 1 aliphatic carbocycles. The lowest BCUT2D eigenvalue weighted by Gasteiger charge is -2.11. The average molecular weight is 172 g/mol. The molecule has 0 aromatic rings. The maximum atomic E-state index is 5.78. The van der Waals surface area contributed by atoms with Gasteiger partial charge in [0.2, 0.25) is 0 Å². The smallest absolute Gasteiger partial charge is 0.0590 e. The Bertz CT molecular complexity index is 119. The van der Waals surface area contributed by atoms with Gasteiger partial charge < -0.3 is 15.8 Å². The van der Waals surface area contributed by atoms with Crippen molar-refractivity contribution in [3.05, 3.63) is 0 Å². The van der Waals surface area contributed by atoms with Crippen LogP contribution in [0.3, 0.4) is 0 Å². The van der Waals surface area contributed by atoms with Crippen molar-refractivity contribution < 1.29 is 4.74 Å². The van der Waals surface area contributed by atoms with Crippen molar-refractivity contribution in [2.75, 3.05) is 19.8 Å². The summed E-state index contributed by atoms with van der Waals surface area (Å²) in [5, 5.41) is 3.44. The highest BCUT2D eigenvalue weighted by Crippen LogP contribution is 2.16. The summed E-state index contributed by atoms with van der Waals surface area (Å²) < 4.78 is 5.23. The highest BCUT2D eigenvalue weighted by atomic mass is 16.5. The third kappa shape index (κ3) is 3.52. The molecule has 2 unspecified atom stereocenters. The molecule has 1 aliphatic rings. The molecular weight excluding hydrogens is 152 g/mol. The van der Waals surface area contributed by atoms with E-state index in [1.54, 1.807) is 0 Å². The summed E-state index contributed by atoms with van der Waals surface area (Å²) in [4.78, 5) is 0. The van der Waals surface area contributed by atoms with Gasteiger partial charge in [-0.2, -0.15) is 0 Å². The molecule has 3 nitrogen and oxygen atoms in total. The molecule has 1 saturated carbocycles. The van der Waals surface area contributed by atoms with Crippen molar-refractivity contribution in [1.82, 2.24) is 5.32 Å². The molecule has 0 amide bonds. The highest BCUT2D eigenvalue weighted by Gasteiger charge is 2.20. The minimum atomic E-state index is 0.426. The van der Waals surface area contributed by atoms with E-state index in [4.69, 9.17) is 10.5 Å². The number of nitrogens with one attached hydrogen (secondary N) is 1. The Kier molecular flexibility index (Phi) is 4.58. The van der Waals surface area contributed by atoms with Crippen LogP contribution in [0, 0.1) is 0 Å². The first-order valence-corrected chi connectivity index (χ1v) is 4.89. The van der Waals surface area contributed by atoms with Gasteiger partial charge in [0.15, 0.2) is 0 Å². The first-order chi connectivity index (χ1) is 5.83. The zero-order chi connectivity index (χ0) is 8.81. The van der Waals surface area contributed by atoms with E-state index in [1.807, 2.05) is 6.92 Å². The minimum absolute atomic E-state index is 0.426. The zero-order valence-corrected chi connectivity index (χ0v) is 7.88. The third-order valence-corrected chi connectivity index (χ3v) is 2.36. The Morgan fingerprint density at radius 1 is 1.50 bits per heavy atom. The second kappa shape index (κ2) is 5.51. The van der Waals surface area contributed by atoms with Gasteiger partial charge in [0, 0.05) is 25.2 Å². The fourth-order valence-corrected chi connectivity index (χ4v) is 1.68. The van der Waals surface area contributed by atoms with E-state index in [1.165, 1.54) is 12.8 Å². The Balaban J connectivity index is 1.93. The molecule has 0 radical (unpaired) electrons. The lowest BCUT2D eigenvalue weighted by atomic mass is 10.2. The van der Waals surface area contributed by atoms with Crippen LogP contribution in [-0.4, -0.2) is 31.8 Å². The number of ether oxygens (including phenoxy) is 1. The molecule has 0 spiro atoms. The Morgan fingerprint density at radius 2 is 2.33 bits per heavy atom. The number of hydrogen-bond donors (Lipinski definition) is 2. The molecular formula is C9H20N2O. The monoisotopic (exact) mass is 172 g/mol. The molecule has 1 rings (SSSR count). The van der Waals surface area contributed by atoms with Crippen molar-refractivity contribution in [1.29, 1.82) is 0 Å². The van der Waals surface area contributed by atoms with E-state index in [-0.39, 0.29) is 0 Å². The molecule has 0 bridgehead atoms. The van der Waals surface area contributed by atoms with Gasteiger partial charge in [0.25, 0.3) is 0 Å². The van der Waals surface area contributed by atoms with Crippen LogP contribution in [0.15, 0.2) is 0 Å². The second-order valence-electron chi connectivity index (χ2n) is 3.42. The van der Waals surface area contributed by atoms with E-state index >= 15 is 0 Å². The highest BCUT2D eigenvalue weighted by molar-refractivity contribution is 4.82. The number of rotatable bonds is 5. The molecule has 0 aromatic carbocycles. The van der Waals surface area contributed by atoms with Crippen LogP contribution in [0.2, 0.25) is 0 Å². The van der Waals surface area contributed by atoms with Gasteiger partial charge in [0.05, 0.1) is 6.61 Å². The van der Waals surface area contributed by atoms with Crippen LogP contribution < -0.4 is 11.1 Å². The molecule has 2 atom stereocenters. The van der Waals surface area contributed by atoms with Crippen LogP contribution in [0.5, 0.6) is 0 Å². The molecule has 3 heteroatoms. The van der Waals surface area contributed by atoms with Gasteiger partial charge in [0.1, 0.15) is 0 Å². The SMILES string of the molecule is CCOCCNC1CCC(N)C1. The lowest BCUT2D eigenvalue weighted by molar-refractivity contribution is 0.147. The molecule has 12 heavy (non-hydrogen) atoms. The second-order valence-corrected chi connectivity index (χ2v) is 3.42. The van der Waals surface area contributed by atoms with E-state index in [0.29, 0.717) is 12.1 Å². The van der Waals surface area contributed by atoms with E-state index in [0.717, 1.165) is 26.2 Å². The van der Waals surface area contributed by atoms with Gasteiger partial charge in [-0.1, -0.05) is 0 Å². The van der Waals surface area contributed by atoms with Gasteiger partial charge in [-0.3, -0.25) is 0 Å². The summed E-state index contributed by atoms with van der Waals surface area (Å²) in [6.07, 6.45) is 3.53. The van der Waals surface area contributed by atoms with Gasteiger partial charge in [-0.05, 0) is 26.2 Å². The number of hydrogen-bond acceptors (Lipinski definition) is 3. The first-order valence-electron chi connectivity index (χ1n) is 4.89. The summed E-state index contributed by atoms with van der Waals surface area (Å²) in [6, 6.07) is 1.06. The largest absolute Gasteiger partial charge is 0.380 e. The molecule has 1 fully saturated rings. The molecule has 72 valence electrons. The average Bonchev–Trinajstić information content (AvgIpc) is 2.45. The van der Waals surface area contributed by atoms with Crippen molar-refractivity contribution in [3.63, 3.8) is 0 Å². The summed E-state index contributed by atoms with van der Waals surface area (Å²) >= 11 is 0. The Labute approximate surface area is 74.7 Å².